The largest absolute Gasteiger partial charge is 0.381 e. The zero-order valence-electron chi connectivity index (χ0n) is 12.6. The summed E-state index contributed by atoms with van der Waals surface area (Å²) in [6.07, 6.45) is 5.17. The Labute approximate surface area is 121 Å². The van der Waals surface area contributed by atoms with E-state index in [2.05, 4.69) is 23.3 Å². The van der Waals surface area contributed by atoms with Crippen LogP contribution in [0.15, 0.2) is 18.2 Å². The Morgan fingerprint density at radius 2 is 2.05 bits per heavy atom. The Morgan fingerprint density at radius 3 is 2.85 bits per heavy atom. The number of methoxy groups -OCH3 is 1. The molecule has 112 valence electrons. The van der Waals surface area contributed by atoms with E-state index in [-0.39, 0.29) is 0 Å². The molecule has 0 radical (unpaired) electrons. The molecule has 0 bridgehead atoms. The highest BCUT2D eigenvalue weighted by atomic mass is 16.5. The summed E-state index contributed by atoms with van der Waals surface area (Å²) in [4.78, 5) is 4.62. The molecule has 2 atom stereocenters. The summed E-state index contributed by atoms with van der Waals surface area (Å²) < 4.78 is 11.4. The molecule has 20 heavy (non-hydrogen) atoms. The van der Waals surface area contributed by atoms with Crippen LogP contribution in [0.3, 0.4) is 0 Å². The fourth-order valence-corrected chi connectivity index (χ4v) is 2.63. The molecule has 2 unspecified atom stereocenters. The molecule has 1 saturated carbocycles. The summed E-state index contributed by atoms with van der Waals surface area (Å²) in [6.45, 7) is 4.48. The van der Waals surface area contributed by atoms with E-state index in [9.17, 15) is 0 Å². The maximum absolute atomic E-state index is 6.00. The third kappa shape index (κ3) is 4.85. The quantitative estimate of drug-likeness (QED) is 0.833. The number of ether oxygens (including phenoxy) is 2. The van der Waals surface area contributed by atoms with Crippen LogP contribution in [0.1, 0.15) is 44.0 Å². The summed E-state index contributed by atoms with van der Waals surface area (Å²) in [5.41, 5.74) is 2.09. The third-order valence-electron chi connectivity index (χ3n) is 3.80. The number of hydrogen-bond donors (Lipinski definition) is 1. The van der Waals surface area contributed by atoms with Crippen LogP contribution in [-0.4, -0.2) is 30.8 Å². The van der Waals surface area contributed by atoms with Crippen LogP contribution in [-0.2, 0) is 22.6 Å². The van der Waals surface area contributed by atoms with Crippen molar-refractivity contribution < 1.29 is 9.47 Å². The van der Waals surface area contributed by atoms with Gasteiger partial charge in [-0.25, -0.2) is 0 Å². The van der Waals surface area contributed by atoms with Crippen LogP contribution in [0.5, 0.6) is 0 Å². The van der Waals surface area contributed by atoms with Gasteiger partial charge >= 0.3 is 0 Å². The summed E-state index contributed by atoms with van der Waals surface area (Å²) >= 11 is 0. The van der Waals surface area contributed by atoms with Crippen molar-refractivity contribution in [2.75, 3.05) is 13.7 Å². The van der Waals surface area contributed by atoms with Crippen molar-refractivity contribution in [3.8, 4) is 0 Å². The second kappa shape index (κ2) is 8.35. The van der Waals surface area contributed by atoms with Crippen LogP contribution in [0.25, 0.3) is 0 Å². The fraction of sp³-hybridized carbons (Fsp3) is 0.688. The minimum Gasteiger partial charge on any atom is -0.381 e. The van der Waals surface area contributed by atoms with E-state index in [1.165, 1.54) is 6.42 Å². The van der Waals surface area contributed by atoms with Crippen molar-refractivity contribution in [3.05, 3.63) is 29.6 Å². The smallest absolute Gasteiger partial charge is 0.0891 e. The van der Waals surface area contributed by atoms with Crippen LogP contribution >= 0.6 is 0 Å². The fourth-order valence-electron chi connectivity index (χ4n) is 2.63. The SMILES string of the molecule is CCNCc1cccc(COC2CCCC(OC)C2)n1. The minimum absolute atomic E-state index is 0.313. The molecule has 0 spiro atoms. The Hall–Kier alpha value is -0.970. The van der Waals surface area contributed by atoms with Gasteiger partial charge in [0.1, 0.15) is 0 Å². The number of pyridine rings is 1. The predicted molar refractivity (Wildman–Crippen MR) is 79.5 cm³/mol. The lowest BCUT2D eigenvalue weighted by Crippen LogP contribution is -2.27. The van der Waals surface area contributed by atoms with Gasteiger partial charge in [-0.15, -0.1) is 0 Å². The molecule has 1 heterocycles. The molecule has 1 N–H and O–H groups in total. The molecule has 2 rings (SSSR count). The molecule has 4 heteroatoms. The molecule has 0 saturated heterocycles. The molecule has 0 amide bonds. The Bertz CT molecular complexity index is 398. The highest BCUT2D eigenvalue weighted by Crippen LogP contribution is 2.23. The molecular formula is C16H26N2O2. The highest BCUT2D eigenvalue weighted by Gasteiger charge is 2.22. The average Bonchev–Trinajstić information content (AvgIpc) is 2.51. The van der Waals surface area contributed by atoms with Gasteiger partial charge in [0.25, 0.3) is 0 Å². The highest BCUT2D eigenvalue weighted by molar-refractivity contribution is 5.10. The van der Waals surface area contributed by atoms with E-state index >= 15 is 0 Å². The number of nitrogens with zero attached hydrogens (tertiary/aromatic N) is 1. The second-order valence-electron chi connectivity index (χ2n) is 5.36. The van der Waals surface area contributed by atoms with Gasteiger partial charge in [-0.05, 0) is 44.4 Å². The van der Waals surface area contributed by atoms with Crippen LogP contribution in [0, 0.1) is 0 Å². The third-order valence-corrected chi connectivity index (χ3v) is 3.80. The minimum atomic E-state index is 0.313. The number of hydrogen-bond acceptors (Lipinski definition) is 4. The van der Waals surface area contributed by atoms with Crippen molar-refractivity contribution in [2.45, 2.75) is 58.0 Å². The van der Waals surface area contributed by atoms with Crippen molar-refractivity contribution >= 4 is 0 Å². The van der Waals surface area contributed by atoms with Gasteiger partial charge in [-0.3, -0.25) is 4.98 Å². The first-order valence-corrected chi connectivity index (χ1v) is 7.61. The normalized spacial score (nSPS) is 22.9. The molecule has 4 nitrogen and oxygen atoms in total. The van der Waals surface area contributed by atoms with Crippen LogP contribution in [0.2, 0.25) is 0 Å². The summed E-state index contributed by atoms with van der Waals surface area (Å²) in [6, 6.07) is 6.14. The topological polar surface area (TPSA) is 43.4 Å². The van der Waals surface area contributed by atoms with E-state index in [4.69, 9.17) is 9.47 Å². The van der Waals surface area contributed by atoms with Gasteiger partial charge in [0, 0.05) is 13.7 Å². The monoisotopic (exact) mass is 278 g/mol. The lowest BCUT2D eigenvalue weighted by atomic mass is 9.95. The van der Waals surface area contributed by atoms with Crippen molar-refractivity contribution in [2.24, 2.45) is 0 Å². The molecule has 1 aliphatic carbocycles. The van der Waals surface area contributed by atoms with Crippen molar-refractivity contribution in [3.63, 3.8) is 0 Å². The zero-order valence-corrected chi connectivity index (χ0v) is 12.6. The summed E-state index contributed by atoms with van der Waals surface area (Å²) in [7, 11) is 1.79. The van der Waals surface area contributed by atoms with Gasteiger partial charge in [-0.2, -0.15) is 0 Å². The molecule has 1 aliphatic rings. The molecule has 1 fully saturated rings. The van der Waals surface area contributed by atoms with Crippen molar-refractivity contribution in [1.82, 2.24) is 10.3 Å². The van der Waals surface area contributed by atoms with E-state index in [0.29, 0.717) is 18.8 Å². The molecule has 1 aromatic heterocycles. The zero-order chi connectivity index (χ0) is 14.2. The van der Waals surface area contributed by atoms with Gasteiger partial charge in [0.15, 0.2) is 0 Å². The molecule has 0 aliphatic heterocycles. The van der Waals surface area contributed by atoms with Crippen LogP contribution in [0.4, 0.5) is 0 Å². The van der Waals surface area contributed by atoms with E-state index in [1.807, 2.05) is 12.1 Å². The first-order chi connectivity index (χ1) is 9.81. The number of nitrogens with one attached hydrogen (secondary N) is 1. The van der Waals surface area contributed by atoms with Crippen molar-refractivity contribution in [1.29, 1.82) is 0 Å². The Morgan fingerprint density at radius 1 is 1.25 bits per heavy atom. The number of aromatic nitrogens is 1. The Kier molecular flexibility index (Phi) is 6.43. The first kappa shape index (κ1) is 15.4. The van der Waals surface area contributed by atoms with Gasteiger partial charge in [0.2, 0.25) is 0 Å². The van der Waals surface area contributed by atoms with E-state index in [1.54, 1.807) is 7.11 Å². The van der Waals surface area contributed by atoms with Crippen LogP contribution < -0.4 is 5.32 Å². The Balaban J connectivity index is 1.81. The lowest BCUT2D eigenvalue weighted by Gasteiger charge is -2.28. The van der Waals surface area contributed by atoms with Gasteiger partial charge in [0.05, 0.1) is 30.2 Å². The second-order valence-corrected chi connectivity index (χ2v) is 5.36. The molecule has 0 aromatic carbocycles. The van der Waals surface area contributed by atoms with E-state index in [0.717, 1.165) is 43.7 Å². The molecular weight excluding hydrogens is 252 g/mol. The first-order valence-electron chi connectivity index (χ1n) is 7.61. The van der Waals surface area contributed by atoms with E-state index < -0.39 is 0 Å². The lowest BCUT2D eigenvalue weighted by molar-refractivity contribution is -0.0372. The predicted octanol–water partition coefficient (Wildman–Crippen LogP) is 2.67. The summed E-state index contributed by atoms with van der Waals surface area (Å²) in [5.74, 6) is 0. The van der Waals surface area contributed by atoms with Gasteiger partial charge in [-0.1, -0.05) is 13.0 Å². The summed E-state index contributed by atoms with van der Waals surface area (Å²) in [5, 5.41) is 3.29. The maximum atomic E-state index is 6.00. The molecule has 1 aromatic rings. The number of rotatable bonds is 7. The maximum Gasteiger partial charge on any atom is 0.0891 e. The van der Waals surface area contributed by atoms with Gasteiger partial charge < -0.3 is 14.8 Å². The average molecular weight is 278 g/mol. The standard InChI is InChI=1S/C16H26N2O2/c1-3-17-11-13-6-4-7-14(18-13)12-20-16-9-5-8-15(10-16)19-2/h4,6-7,15-17H,3,5,8-12H2,1-2H3.